The molecule has 1 N–H and O–H groups in total. The van der Waals surface area contributed by atoms with Gasteiger partial charge in [0.15, 0.2) is 0 Å². The summed E-state index contributed by atoms with van der Waals surface area (Å²) >= 11 is 0. The Balaban J connectivity index is 1.70. The van der Waals surface area contributed by atoms with Crippen LogP contribution < -0.4 is 5.32 Å². The second-order valence-corrected chi connectivity index (χ2v) is 5.37. The van der Waals surface area contributed by atoms with Crippen molar-refractivity contribution < 1.29 is 0 Å². The molecule has 1 fully saturated rings. The zero-order valence-electron chi connectivity index (χ0n) is 10.3. The van der Waals surface area contributed by atoms with Gasteiger partial charge in [-0.25, -0.2) is 0 Å². The van der Waals surface area contributed by atoms with E-state index in [2.05, 4.69) is 47.8 Å². The van der Waals surface area contributed by atoms with Gasteiger partial charge in [-0.1, -0.05) is 42.5 Å². The van der Waals surface area contributed by atoms with Crippen molar-refractivity contribution in [2.75, 3.05) is 0 Å². The molecule has 1 heteroatoms. The van der Waals surface area contributed by atoms with E-state index in [4.69, 9.17) is 0 Å². The summed E-state index contributed by atoms with van der Waals surface area (Å²) in [6, 6.07) is 12.2. The van der Waals surface area contributed by atoms with Crippen molar-refractivity contribution in [3.63, 3.8) is 0 Å². The number of nitrogens with one attached hydrogen (secondary N) is 1. The molecule has 1 saturated carbocycles. The fourth-order valence-electron chi connectivity index (χ4n) is 2.79. The van der Waals surface area contributed by atoms with Crippen molar-refractivity contribution >= 4 is 0 Å². The molecule has 0 bridgehead atoms. The number of allylic oxidation sites excluding steroid dienone is 1. The van der Waals surface area contributed by atoms with E-state index in [-0.39, 0.29) is 0 Å². The molecule has 1 aromatic carbocycles. The molecule has 0 radical (unpaired) electrons. The van der Waals surface area contributed by atoms with E-state index >= 15 is 0 Å². The van der Waals surface area contributed by atoms with Gasteiger partial charge < -0.3 is 5.32 Å². The Kier molecular flexibility index (Phi) is 3.28. The third-order valence-corrected chi connectivity index (χ3v) is 3.94. The smallest absolute Gasteiger partial charge is 0.0351 e. The van der Waals surface area contributed by atoms with Crippen LogP contribution in [0.5, 0.6) is 0 Å². The molecule has 1 aromatic rings. The van der Waals surface area contributed by atoms with E-state index in [1.54, 1.807) is 0 Å². The predicted molar refractivity (Wildman–Crippen MR) is 71.8 cm³/mol. The van der Waals surface area contributed by atoms with Crippen molar-refractivity contribution in [2.24, 2.45) is 5.92 Å². The minimum absolute atomic E-state index is 0.590. The van der Waals surface area contributed by atoms with Gasteiger partial charge >= 0.3 is 0 Å². The van der Waals surface area contributed by atoms with Crippen LogP contribution >= 0.6 is 0 Å². The lowest BCUT2D eigenvalue weighted by atomic mass is 9.97. The third-order valence-electron chi connectivity index (χ3n) is 3.94. The van der Waals surface area contributed by atoms with E-state index in [1.807, 2.05) is 0 Å². The molecule has 90 valence electrons. The van der Waals surface area contributed by atoms with E-state index in [1.165, 1.54) is 37.7 Å². The maximum absolute atomic E-state index is 3.88. The molecular weight excluding hydrogens is 206 g/mol. The van der Waals surface area contributed by atoms with Gasteiger partial charge in [0, 0.05) is 12.1 Å². The fraction of sp³-hybridized carbons (Fsp3) is 0.500. The lowest BCUT2D eigenvalue weighted by molar-refractivity contribution is 0.382. The molecule has 1 nitrogen and oxygen atoms in total. The van der Waals surface area contributed by atoms with Crippen LogP contribution in [0.2, 0.25) is 0 Å². The van der Waals surface area contributed by atoms with Gasteiger partial charge in [0.2, 0.25) is 0 Å². The number of hydrogen-bond acceptors (Lipinski definition) is 1. The molecule has 3 rings (SSSR count). The van der Waals surface area contributed by atoms with Crippen LogP contribution in [0.15, 0.2) is 42.5 Å². The van der Waals surface area contributed by atoms with Crippen molar-refractivity contribution in [3.8, 4) is 0 Å². The van der Waals surface area contributed by atoms with Crippen LogP contribution in [-0.4, -0.2) is 6.04 Å². The first kappa shape index (κ1) is 11.0. The van der Waals surface area contributed by atoms with Crippen molar-refractivity contribution in [3.05, 3.63) is 48.0 Å². The van der Waals surface area contributed by atoms with Gasteiger partial charge in [0.1, 0.15) is 0 Å². The first-order valence-corrected chi connectivity index (χ1v) is 6.89. The van der Waals surface area contributed by atoms with Gasteiger partial charge in [-0.3, -0.25) is 0 Å². The summed E-state index contributed by atoms with van der Waals surface area (Å²) in [7, 11) is 0. The molecule has 0 spiro atoms. The highest BCUT2D eigenvalue weighted by molar-refractivity contribution is 5.21. The molecule has 2 unspecified atom stereocenters. The molecule has 17 heavy (non-hydrogen) atoms. The largest absolute Gasteiger partial charge is 0.307 e. The molecular formula is C16H21N. The molecule has 0 aliphatic heterocycles. The van der Waals surface area contributed by atoms with E-state index in [0.717, 1.165) is 5.92 Å². The monoisotopic (exact) mass is 227 g/mol. The van der Waals surface area contributed by atoms with Crippen LogP contribution in [0, 0.1) is 5.92 Å². The van der Waals surface area contributed by atoms with Gasteiger partial charge in [-0.05, 0) is 43.6 Å². The zero-order valence-corrected chi connectivity index (χ0v) is 10.3. The highest BCUT2D eigenvalue weighted by Gasteiger charge is 2.33. The van der Waals surface area contributed by atoms with Crippen LogP contribution in [0.25, 0.3) is 0 Å². The normalized spacial score (nSPS) is 25.8. The maximum atomic E-state index is 3.88. The topological polar surface area (TPSA) is 12.0 Å². The summed E-state index contributed by atoms with van der Waals surface area (Å²) in [4.78, 5) is 0. The highest BCUT2D eigenvalue weighted by Crippen LogP contribution is 2.41. The Morgan fingerprint density at radius 1 is 1.00 bits per heavy atom. The predicted octanol–water partition coefficient (Wildman–Crippen LogP) is 3.84. The molecule has 2 atom stereocenters. The first-order valence-electron chi connectivity index (χ1n) is 6.89. The Hall–Kier alpha value is -1.08. The van der Waals surface area contributed by atoms with Crippen LogP contribution in [-0.2, 0) is 0 Å². The minimum Gasteiger partial charge on any atom is -0.307 e. The Labute approximate surface area is 104 Å². The average Bonchev–Trinajstić information content (AvgIpc) is 3.23. The minimum atomic E-state index is 0.590. The van der Waals surface area contributed by atoms with E-state index in [0.29, 0.717) is 12.1 Å². The Morgan fingerprint density at radius 2 is 1.82 bits per heavy atom. The number of rotatable bonds is 4. The number of benzene rings is 1. The van der Waals surface area contributed by atoms with E-state index < -0.39 is 0 Å². The quantitative estimate of drug-likeness (QED) is 0.771. The summed E-state index contributed by atoms with van der Waals surface area (Å²) in [5.74, 6) is 0.878. The van der Waals surface area contributed by atoms with Gasteiger partial charge in [0.25, 0.3) is 0 Å². The zero-order chi connectivity index (χ0) is 11.5. The fourth-order valence-corrected chi connectivity index (χ4v) is 2.79. The van der Waals surface area contributed by atoms with Gasteiger partial charge in [-0.2, -0.15) is 0 Å². The van der Waals surface area contributed by atoms with Crippen LogP contribution in [0.3, 0.4) is 0 Å². The van der Waals surface area contributed by atoms with E-state index in [9.17, 15) is 0 Å². The second kappa shape index (κ2) is 5.05. The van der Waals surface area contributed by atoms with Gasteiger partial charge in [0.05, 0.1) is 0 Å². The second-order valence-electron chi connectivity index (χ2n) is 5.37. The highest BCUT2D eigenvalue weighted by atomic mass is 15.0. The lowest BCUT2D eigenvalue weighted by Gasteiger charge is -2.27. The van der Waals surface area contributed by atoms with Crippen molar-refractivity contribution in [1.82, 2.24) is 5.32 Å². The lowest BCUT2D eigenvalue weighted by Crippen LogP contribution is -2.34. The molecule has 2 aliphatic rings. The van der Waals surface area contributed by atoms with Crippen LogP contribution in [0.4, 0.5) is 0 Å². The van der Waals surface area contributed by atoms with Crippen LogP contribution in [0.1, 0.15) is 43.7 Å². The summed E-state index contributed by atoms with van der Waals surface area (Å²) in [5, 5.41) is 3.88. The number of hydrogen-bond donors (Lipinski definition) is 1. The molecule has 0 heterocycles. The van der Waals surface area contributed by atoms with Gasteiger partial charge in [-0.15, -0.1) is 0 Å². The summed E-state index contributed by atoms with van der Waals surface area (Å²) in [6.07, 6.45) is 11.2. The SMILES string of the molecule is C1=CCC(NC(c2ccccc2)C2CC2)CC1. The first-order chi connectivity index (χ1) is 8.43. The van der Waals surface area contributed by atoms with Crippen molar-refractivity contribution in [2.45, 2.75) is 44.2 Å². The summed E-state index contributed by atoms with van der Waals surface area (Å²) in [5.41, 5.74) is 1.48. The standard InChI is InChI=1S/C16H21N/c1-3-7-13(8-4-1)16(14-11-12-14)17-15-9-5-2-6-10-15/h1-5,7-8,14-17H,6,9-12H2. The maximum Gasteiger partial charge on any atom is 0.0351 e. The molecule has 0 saturated heterocycles. The molecule has 2 aliphatic carbocycles. The summed E-state index contributed by atoms with van der Waals surface area (Å²) < 4.78 is 0. The Morgan fingerprint density at radius 3 is 2.47 bits per heavy atom. The molecule has 0 aromatic heterocycles. The summed E-state index contributed by atoms with van der Waals surface area (Å²) in [6.45, 7) is 0. The Bertz CT molecular complexity index is 378. The third kappa shape index (κ3) is 2.78. The average molecular weight is 227 g/mol. The van der Waals surface area contributed by atoms with Crippen molar-refractivity contribution in [1.29, 1.82) is 0 Å². The molecule has 0 amide bonds.